The van der Waals surface area contributed by atoms with E-state index >= 15 is 0 Å². The molecule has 0 radical (unpaired) electrons. The van der Waals surface area contributed by atoms with Gasteiger partial charge in [0, 0.05) is 12.1 Å². The number of carbonyl (C=O) groups is 1. The fraction of sp³-hybridized carbons (Fsp3) is 0.591. The van der Waals surface area contributed by atoms with E-state index in [4.69, 9.17) is 4.74 Å². The van der Waals surface area contributed by atoms with Gasteiger partial charge in [-0.25, -0.2) is 4.79 Å². The van der Waals surface area contributed by atoms with Gasteiger partial charge in [0.05, 0.1) is 0 Å². The van der Waals surface area contributed by atoms with Crippen molar-refractivity contribution in [2.75, 3.05) is 0 Å². The zero-order valence-corrected chi connectivity index (χ0v) is 18.7. The first-order chi connectivity index (χ1) is 12.3. The SMILES string of the molecule is CC[Si](CC)(CC)[C@H](/C=C/c1ccccc1)OC(=O)N(C(C)C)C(C)C. The van der Waals surface area contributed by atoms with Gasteiger partial charge in [-0.05, 0) is 39.3 Å². The highest BCUT2D eigenvalue weighted by Crippen LogP contribution is 2.29. The first-order valence-electron chi connectivity index (χ1n) is 10.0. The zero-order valence-electron chi connectivity index (χ0n) is 17.7. The van der Waals surface area contributed by atoms with Crippen molar-refractivity contribution in [2.24, 2.45) is 0 Å². The number of ether oxygens (including phenoxy) is 1. The molecule has 1 amide bonds. The van der Waals surface area contributed by atoms with E-state index in [2.05, 4.69) is 45.1 Å². The Morgan fingerprint density at radius 3 is 1.92 bits per heavy atom. The van der Waals surface area contributed by atoms with E-state index in [0.717, 1.165) is 23.7 Å². The molecule has 0 aliphatic rings. The maximum absolute atomic E-state index is 12.9. The summed E-state index contributed by atoms with van der Waals surface area (Å²) in [6.07, 6.45) is 4.05. The summed E-state index contributed by atoms with van der Waals surface area (Å²) in [4.78, 5) is 14.8. The second kappa shape index (κ2) is 10.6. The van der Waals surface area contributed by atoms with Gasteiger partial charge in [-0.1, -0.05) is 75.3 Å². The number of hydrogen-bond acceptors (Lipinski definition) is 2. The second-order valence-corrected chi connectivity index (χ2v) is 13.0. The van der Waals surface area contributed by atoms with Gasteiger partial charge in [-0.2, -0.15) is 0 Å². The highest BCUT2D eigenvalue weighted by atomic mass is 28.3. The fourth-order valence-electron chi connectivity index (χ4n) is 3.67. The van der Waals surface area contributed by atoms with Crippen molar-refractivity contribution in [3.63, 3.8) is 0 Å². The Hall–Kier alpha value is -1.55. The minimum atomic E-state index is -1.74. The third-order valence-corrected chi connectivity index (χ3v) is 11.3. The van der Waals surface area contributed by atoms with E-state index < -0.39 is 8.07 Å². The third-order valence-electron chi connectivity index (χ3n) is 5.53. The van der Waals surface area contributed by atoms with E-state index in [1.165, 1.54) is 0 Å². The minimum absolute atomic E-state index is 0.102. The molecule has 1 rings (SSSR count). The quantitative estimate of drug-likeness (QED) is 0.469. The van der Waals surface area contributed by atoms with Gasteiger partial charge in [0.15, 0.2) is 0 Å². The predicted octanol–water partition coefficient (Wildman–Crippen LogP) is 6.37. The van der Waals surface area contributed by atoms with Crippen LogP contribution in [0, 0.1) is 0 Å². The van der Waals surface area contributed by atoms with E-state index in [1.54, 1.807) is 0 Å². The molecule has 0 aromatic heterocycles. The smallest absolute Gasteiger partial charge is 0.410 e. The number of benzene rings is 1. The number of hydrogen-bond donors (Lipinski definition) is 0. The molecule has 0 bridgehead atoms. The lowest BCUT2D eigenvalue weighted by atomic mass is 10.2. The summed E-state index contributed by atoms with van der Waals surface area (Å²) >= 11 is 0. The summed E-state index contributed by atoms with van der Waals surface area (Å²) < 4.78 is 6.16. The van der Waals surface area contributed by atoms with Crippen LogP contribution < -0.4 is 0 Å². The minimum Gasteiger partial charge on any atom is -0.446 e. The second-order valence-electron chi connectivity index (χ2n) is 7.59. The molecule has 0 saturated heterocycles. The lowest BCUT2D eigenvalue weighted by molar-refractivity contribution is 0.0763. The molecular weight excluding hydrogens is 338 g/mol. The largest absolute Gasteiger partial charge is 0.446 e. The first-order valence-corrected chi connectivity index (χ1v) is 12.7. The monoisotopic (exact) mass is 375 g/mol. The molecule has 0 aliphatic heterocycles. The van der Waals surface area contributed by atoms with Crippen LogP contribution >= 0.6 is 0 Å². The predicted molar refractivity (Wildman–Crippen MR) is 115 cm³/mol. The number of rotatable bonds is 9. The van der Waals surface area contributed by atoms with Crippen molar-refractivity contribution in [3.8, 4) is 0 Å². The average molecular weight is 376 g/mol. The molecule has 1 aromatic carbocycles. The summed E-state index contributed by atoms with van der Waals surface area (Å²) in [5, 5.41) is 0. The van der Waals surface area contributed by atoms with Crippen LogP contribution in [0.4, 0.5) is 4.79 Å². The highest BCUT2D eigenvalue weighted by Gasteiger charge is 2.39. The first kappa shape index (κ1) is 22.5. The van der Waals surface area contributed by atoms with Gasteiger partial charge < -0.3 is 9.64 Å². The van der Waals surface area contributed by atoms with E-state index in [1.807, 2.05) is 50.8 Å². The molecule has 0 spiro atoms. The molecule has 0 saturated carbocycles. The molecule has 3 nitrogen and oxygen atoms in total. The Labute approximate surface area is 161 Å². The summed E-state index contributed by atoms with van der Waals surface area (Å²) in [5.41, 5.74) is 1.04. The Morgan fingerprint density at radius 1 is 1.00 bits per heavy atom. The maximum atomic E-state index is 12.9. The number of carbonyl (C=O) groups excluding carboxylic acids is 1. The standard InChI is InChI=1S/C22H37NO2Si/c1-8-26(9-2,10-3)21(17-16-20-14-12-11-13-15-20)25-22(24)23(18(4)5)19(6)7/h11-19,21H,8-10H2,1-7H3/b17-16+/t21-/m1/s1. The number of amides is 1. The van der Waals surface area contributed by atoms with Gasteiger partial charge in [0.25, 0.3) is 0 Å². The lowest BCUT2D eigenvalue weighted by Gasteiger charge is -2.37. The molecule has 0 N–H and O–H groups in total. The van der Waals surface area contributed by atoms with Crippen LogP contribution in [0.25, 0.3) is 6.08 Å². The Morgan fingerprint density at radius 2 is 1.50 bits per heavy atom. The van der Waals surface area contributed by atoms with Crippen molar-refractivity contribution in [2.45, 2.75) is 84.4 Å². The Balaban J connectivity index is 3.15. The molecule has 0 aliphatic carbocycles. The molecule has 4 heteroatoms. The maximum Gasteiger partial charge on any atom is 0.410 e. The van der Waals surface area contributed by atoms with Gasteiger partial charge in [-0.3, -0.25) is 0 Å². The molecule has 146 valence electrons. The van der Waals surface area contributed by atoms with Crippen LogP contribution in [0.15, 0.2) is 36.4 Å². The van der Waals surface area contributed by atoms with Crippen LogP contribution in [0.2, 0.25) is 18.1 Å². The molecule has 0 fully saturated rings. The van der Waals surface area contributed by atoms with Crippen LogP contribution in [-0.4, -0.2) is 36.9 Å². The van der Waals surface area contributed by atoms with E-state index in [9.17, 15) is 4.79 Å². The molecule has 1 aromatic rings. The van der Waals surface area contributed by atoms with Gasteiger partial charge in [-0.15, -0.1) is 0 Å². The number of nitrogens with zero attached hydrogens (tertiary/aromatic N) is 1. The topological polar surface area (TPSA) is 29.5 Å². The average Bonchev–Trinajstić information content (AvgIpc) is 2.61. The van der Waals surface area contributed by atoms with Crippen LogP contribution in [0.3, 0.4) is 0 Å². The lowest BCUT2D eigenvalue weighted by Crippen LogP contribution is -2.51. The highest BCUT2D eigenvalue weighted by molar-refractivity contribution is 6.81. The third kappa shape index (κ3) is 5.73. The molecule has 0 heterocycles. The van der Waals surface area contributed by atoms with Crippen LogP contribution in [-0.2, 0) is 4.74 Å². The van der Waals surface area contributed by atoms with Crippen LogP contribution in [0.1, 0.15) is 54.0 Å². The van der Waals surface area contributed by atoms with Gasteiger partial charge >= 0.3 is 6.09 Å². The summed E-state index contributed by atoms with van der Waals surface area (Å²) in [6, 6.07) is 13.8. The van der Waals surface area contributed by atoms with Crippen molar-refractivity contribution >= 4 is 20.2 Å². The van der Waals surface area contributed by atoms with E-state index in [-0.39, 0.29) is 23.9 Å². The van der Waals surface area contributed by atoms with Crippen molar-refractivity contribution in [1.29, 1.82) is 0 Å². The molecule has 1 atom stereocenters. The molecule has 26 heavy (non-hydrogen) atoms. The van der Waals surface area contributed by atoms with E-state index in [0.29, 0.717) is 0 Å². The van der Waals surface area contributed by atoms with Crippen LogP contribution in [0.5, 0.6) is 0 Å². The normalized spacial score (nSPS) is 13.4. The van der Waals surface area contributed by atoms with Crippen molar-refractivity contribution in [1.82, 2.24) is 4.90 Å². The molecular formula is C22H37NO2Si. The van der Waals surface area contributed by atoms with Crippen molar-refractivity contribution < 1.29 is 9.53 Å². The Kier molecular flexibility index (Phi) is 9.13. The summed E-state index contributed by atoms with van der Waals surface area (Å²) in [6.45, 7) is 14.9. The summed E-state index contributed by atoms with van der Waals surface area (Å²) in [5.74, 6) is 0. The molecule has 0 unspecified atom stereocenters. The van der Waals surface area contributed by atoms with Gasteiger partial charge in [0.1, 0.15) is 13.8 Å². The van der Waals surface area contributed by atoms with Gasteiger partial charge in [0.2, 0.25) is 0 Å². The van der Waals surface area contributed by atoms with Crippen molar-refractivity contribution in [3.05, 3.63) is 42.0 Å². The summed E-state index contributed by atoms with van der Waals surface area (Å²) in [7, 11) is -1.74. The zero-order chi connectivity index (χ0) is 19.7. The Bertz CT molecular complexity index is 549. The fourth-order valence-corrected chi connectivity index (χ4v) is 7.23.